The van der Waals surface area contributed by atoms with E-state index in [-0.39, 0.29) is 24.2 Å². The van der Waals surface area contributed by atoms with Gasteiger partial charge in [0.25, 0.3) is 0 Å². The molecule has 1 aliphatic rings. The highest BCUT2D eigenvalue weighted by Gasteiger charge is 2.28. The van der Waals surface area contributed by atoms with Crippen molar-refractivity contribution in [2.24, 2.45) is 5.92 Å². The van der Waals surface area contributed by atoms with Crippen LogP contribution in [-0.2, 0) is 11.3 Å². The van der Waals surface area contributed by atoms with E-state index in [0.29, 0.717) is 6.54 Å². The summed E-state index contributed by atoms with van der Waals surface area (Å²) in [5, 5.41) is 3.27. The van der Waals surface area contributed by atoms with Gasteiger partial charge in [-0.3, -0.25) is 4.79 Å². The maximum atomic E-state index is 13.0. The van der Waals surface area contributed by atoms with E-state index in [0.717, 1.165) is 36.5 Å². The number of hydrogen-bond donors (Lipinski definition) is 1. The van der Waals surface area contributed by atoms with Crippen LogP contribution in [0.1, 0.15) is 12.0 Å². The monoisotopic (exact) mass is 346 g/mol. The topological polar surface area (TPSA) is 41.6 Å². The Balaban J connectivity index is 0.00000208. The largest absolute Gasteiger partial charge is 0.497 e. The smallest absolute Gasteiger partial charge is 0.231 e. The summed E-state index contributed by atoms with van der Waals surface area (Å²) in [5.41, 5.74) is 2.04. The van der Waals surface area contributed by atoms with Crippen molar-refractivity contribution >= 4 is 24.0 Å². The minimum absolute atomic E-state index is 0. The maximum absolute atomic E-state index is 13.0. The lowest BCUT2D eigenvalue weighted by atomic mass is 10.1. The van der Waals surface area contributed by atoms with Gasteiger partial charge in [0.15, 0.2) is 0 Å². The molecular weight excluding hydrogens is 324 g/mol. The number of carbonyl (C=O) groups excluding carboxylic acids is 1. The summed E-state index contributed by atoms with van der Waals surface area (Å²) in [6, 6.07) is 17.8. The third kappa shape index (κ3) is 4.28. The molecule has 1 N–H and O–H groups in total. The van der Waals surface area contributed by atoms with Crippen molar-refractivity contribution in [1.29, 1.82) is 0 Å². The summed E-state index contributed by atoms with van der Waals surface area (Å²) in [6.45, 7) is 2.26. The molecule has 5 heteroatoms. The standard InChI is InChI=1S/C19H22N2O2.ClH/c1-23-18-9-7-17(8-10-18)21(14-15-5-3-2-4-6-15)19(22)16-11-12-20-13-16;/h2-10,16,20H,11-14H2,1H3;1H. The zero-order chi connectivity index (χ0) is 16.1. The van der Waals surface area contributed by atoms with Crippen LogP contribution in [0.5, 0.6) is 5.75 Å². The van der Waals surface area contributed by atoms with Crippen LogP contribution in [0.25, 0.3) is 0 Å². The minimum atomic E-state index is 0. The molecule has 1 atom stereocenters. The number of methoxy groups -OCH3 is 1. The first-order chi connectivity index (χ1) is 11.3. The molecule has 3 rings (SSSR count). The van der Waals surface area contributed by atoms with Gasteiger partial charge in [-0.25, -0.2) is 0 Å². The zero-order valence-corrected chi connectivity index (χ0v) is 14.6. The zero-order valence-electron chi connectivity index (χ0n) is 13.8. The van der Waals surface area contributed by atoms with Gasteiger partial charge in [0.05, 0.1) is 19.6 Å². The summed E-state index contributed by atoms with van der Waals surface area (Å²) in [5.74, 6) is 1.04. The fourth-order valence-electron chi connectivity index (χ4n) is 2.91. The normalized spacial score (nSPS) is 16.3. The third-order valence-corrected chi connectivity index (χ3v) is 4.24. The fraction of sp³-hybridized carbons (Fsp3) is 0.316. The molecule has 1 heterocycles. The predicted octanol–water partition coefficient (Wildman–Crippen LogP) is 3.26. The number of ether oxygens (including phenoxy) is 1. The molecule has 0 aliphatic carbocycles. The summed E-state index contributed by atoms with van der Waals surface area (Å²) >= 11 is 0. The van der Waals surface area contributed by atoms with Gasteiger partial charge in [-0.15, -0.1) is 12.4 Å². The lowest BCUT2D eigenvalue weighted by molar-refractivity contribution is -0.122. The Labute approximate surface area is 149 Å². The molecular formula is C19H23ClN2O2. The summed E-state index contributed by atoms with van der Waals surface area (Å²) in [6.07, 6.45) is 0.903. The van der Waals surface area contributed by atoms with Crippen LogP contribution in [0.4, 0.5) is 5.69 Å². The van der Waals surface area contributed by atoms with Crippen molar-refractivity contribution in [3.05, 3.63) is 60.2 Å². The summed E-state index contributed by atoms with van der Waals surface area (Å²) in [4.78, 5) is 14.8. The first kappa shape index (κ1) is 18.3. The third-order valence-electron chi connectivity index (χ3n) is 4.24. The molecule has 128 valence electrons. The van der Waals surface area contributed by atoms with Crippen molar-refractivity contribution in [1.82, 2.24) is 5.32 Å². The Morgan fingerprint density at radius 2 is 1.88 bits per heavy atom. The van der Waals surface area contributed by atoms with Crippen molar-refractivity contribution in [2.45, 2.75) is 13.0 Å². The van der Waals surface area contributed by atoms with Crippen LogP contribution in [0.2, 0.25) is 0 Å². The minimum Gasteiger partial charge on any atom is -0.497 e. The van der Waals surface area contributed by atoms with Gasteiger partial charge in [0.2, 0.25) is 5.91 Å². The molecule has 0 bridgehead atoms. The van der Waals surface area contributed by atoms with Crippen molar-refractivity contribution in [3.8, 4) is 5.75 Å². The first-order valence-electron chi connectivity index (χ1n) is 7.98. The van der Waals surface area contributed by atoms with Crippen LogP contribution in [0.15, 0.2) is 54.6 Å². The SMILES string of the molecule is COc1ccc(N(Cc2ccccc2)C(=O)C2CCNC2)cc1.Cl. The van der Waals surface area contributed by atoms with Crippen molar-refractivity contribution in [2.75, 3.05) is 25.1 Å². The Bertz CT molecular complexity index is 640. The average molecular weight is 347 g/mol. The number of halogens is 1. The highest BCUT2D eigenvalue weighted by Crippen LogP contribution is 2.24. The molecule has 0 spiro atoms. The molecule has 1 fully saturated rings. The number of nitrogens with one attached hydrogen (secondary N) is 1. The van der Waals surface area contributed by atoms with Gasteiger partial charge in [-0.2, -0.15) is 0 Å². The number of nitrogens with zero attached hydrogens (tertiary/aromatic N) is 1. The van der Waals surface area contributed by atoms with Gasteiger partial charge < -0.3 is 15.0 Å². The molecule has 2 aromatic carbocycles. The molecule has 1 saturated heterocycles. The quantitative estimate of drug-likeness (QED) is 0.903. The van der Waals surface area contributed by atoms with E-state index < -0.39 is 0 Å². The van der Waals surface area contributed by atoms with Crippen LogP contribution < -0.4 is 15.0 Å². The van der Waals surface area contributed by atoms with Gasteiger partial charge >= 0.3 is 0 Å². The van der Waals surface area contributed by atoms with Crippen LogP contribution >= 0.6 is 12.4 Å². The Hall–Kier alpha value is -2.04. The van der Waals surface area contributed by atoms with E-state index in [9.17, 15) is 4.79 Å². The molecule has 0 saturated carbocycles. The lowest BCUT2D eigenvalue weighted by Gasteiger charge is -2.26. The molecule has 0 aromatic heterocycles. The molecule has 0 radical (unpaired) electrons. The van der Waals surface area contributed by atoms with Gasteiger partial charge in [-0.05, 0) is 42.8 Å². The molecule has 24 heavy (non-hydrogen) atoms. The Morgan fingerprint density at radius 3 is 2.46 bits per heavy atom. The average Bonchev–Trinajstić information content (AvgIpc) is 3.15. The van der Waals surface area contributed by atoms with E-state index in [1.807, 2.05) is 47.4 Å². The number of rotatable bonds is 5. The molecule has 1 unspecified atom stereocenters. The number of carbonyl (C=O) groups is 1. The first-order valence-corrected chi connectivity index (χ1v) is 7.98. The predicted molar refractivity (Wildman–Crippen MR) is 98.9 cm³/mol. The summed E-state index contributed by atoms with van der Waals surface area (Å²) in [7, 11) is 1.64. The van der Waals surface area contributed by atoms with E-state index >= 15 is 0 Å². The highest BCUT2D eigenvalue weighted by atomic mass is 35.5. The molecule has 4 nitrogen and oxygen atoms in total. The summed E-state index contributed by atoms with van der Waals surface area (Å²) < 4.78 is 5.21. The van der Waals surface area contributed by atoms with Gasteiger partial charge in [-0.1, -0.05) is 30.3 Å². The van der Waals surface area contributed by atoms with Crippen molar-refractivity contribution < 1.29 is 9.53 Å². The van der Waals surface area contributed by atoms with Crippen LogP contribution in [0, 0.1) is 5.92 Å². The number of hydrogen-bond acceptors (Lipinski definition) is 3. The second-order valence-electron chi connectivity index (χ2n) is 5.80. The molecule has 2 aromatic rings. The molecule has 1 amide bonds. The second kappa shape index (κ2) is 8.71. The second-order valence-corrected chi connectivity index (χ2v) is 5.80. The number of benzene rings is 2. The highest BCUT2D eigenvalue weighted by molar-refractivity contribution is 5.95. The number of anilines is 1. The Kier molecular flexibility index (Phi) is 6.64. The molecule has 1 aliphatic heterocycles. The Morgan fingerprint density at radius 1 is 1.17 bits per heavy atom. The van der Waals surface area contributed by atoms with Gasteiger partial charge in [0.1, 0.15) is 5.75 Å². The van der Waals surface area contributed by atoms with E-state index in [1.165, 1.54) is 0 Å². The number of amides is 1. The van der Waals surface area contributed by atoms with Gasteiger partial charge in [0, 0.05) is 12.2 Å². The van der Waals surface area contributed by atoms with E-state index in [4.69, 9.17) is 4.74 Å². The maximum Gasteiger partial charge on any atom is 0.231 e. The van der Waals surface area contributed by atoms with E-state index in [1.54, 1.807) is 7.11 Å². The van der Waals surface area contributed by atoms with Crippen LogP contribution in [-0.4, -0.2) is 26.1 Å². The van der Waals surface area contributed by atoms with Crippen molar-refractivity contribution in [3.63, 3.8) is 0 Å². The van der Waals surface area contributed by atoms with Crippen LogP contribution in [0.3, 0.4) is 0 Å². The lowest BCUT2D eigenvalue weighted by Crippen LogP contribution is -2.36. The fourth-order valence-corrected chi connectivity index (χ4v) is 2.91. The van der Waals surface area contributed by atoms with E-state index in [2.05, 4.69) is 17.4 Å².